The van der Waals surface area contributed by atoms with E-state index in [1.165, 1.54) is 22.2 Å². The number of non-ortho nitro benzene ring substituents is 1. The van der Waals surface area contributed by atoms with Crippen LogP contribution in [0, 0.1) is 10.1 Å². The van der Waals surface area contributed by atoms with Crippen molar-refractivity contribution in [1.82, 2.24) is 9.47 Å². The average molecular weight is 582 g/mol. The first-order valence-corrected chi connectivity index (χ1v) is 12.1. The van der Waals surface area contributed by atoms with E-state index in [2.05, 4.69) is 94.1 Å². The first-order chi connectivity index (χ1) is 14.1. The number of hydrogen-bond donors (Lipinski definition) is 0. The minimum atomic E-state index is -0.355. The molecule has 0 aliphatic heterocycles. The summed E-state index contributed by atoms with van der Waals surface area (Å²) in [5.41, 5.74) is 4.85. The Morgan fingerprint density at radius 2 is 1.87 bits per heavy atom. The van der Waals surface area contributed by atoms with Crippen LogP contribution in [0.2, 0.25) is 0 Å². The fourth-order valence-corrected chi connectivity index (χ4v) is 6.78. The van der Waals surface area contributed by atoms with Gasteiger partial charge >= 0.3 is 0 Å². The van der Waals surface area contributed by atoms with Crippen LogP contribution < -0.4 is 0 Å². The van der Waals surface area contributed by atoms with Crippen LogP contribution in [0.25, 0.3) is 10.9 Å². The van der Waals surface area contributed by atoms with E-state index in [1.54, 1.807) is 12.1 Å². The van der Waals surface area contributed by atoms with Gasteiger partial charge in [0.05, 0.1) is 14.4 Å². The van der Waals surface area contributed by atoms with Crippen LogP contribution in [0.3, 0.4) is 0 Å². The van der Waals surface area contributed by atoms with E-state index in [4.69, 9.17) is 0 Å². The number of aryl methyl sites for hydroxylation is 1. The van der Waals surface area contributed by atoms with Crippen molar-refractivity contribution in [3.8, 4) is 0 Å². The molecule has 1 heterocycles. The molecule has 1 unspecified atom stereocenters. The van der Waals surface area contributed by atoms with Crippen LogP contribution in [-0.2, 0) is 12.0 Å². The van der Waals surface area contributed by atoms with Crippen LogP contribution in [0.5, 0.6) is 0 Å². The zero-order chi connectivity index (χ0) is 21.8. The van der Waals surface area contributed by atoms with Gasteiger partial charge in [-0.05, 0) is 82.2 Å². The summed E-state index contributed by atoms with van der Waals surface area (Å²) in [4.78, 5) is 13.1. The van der Waals surface area contributed by atoms with Crippen LogP contribution in [0.4, 0.5) is 5.69 Å². The molecule has 5 nitrogen and oxygen atoms in total. The number of rotatable bonds is 4. The molecule has 0 radical (unpaired) electrons. The highest BCUT2D eigenvalue weighted by molar-refractivity contribution is 14.1. The second kappa shape index (κ2) is 7.91. The molecule has 1 aliphatic carbocycles. The number of nitro groups is 1. The van der Waals surface area contributed by atoms with Gasteiger partial charge in [-0.25, -0.2) is 0 Å². The molecule has 0 saturated heterocycles. The Morgan fingerprint density at radius 3 is 2.47 bits per heavy atom. The number of benzene rings is 2. The molecule has 0 fully saturated rings. The second-order valence-electron chi connectivity index (χ2n) is 8.70. The number of fused-ring (bicyclic) bond motifs is 3. The van der Waals surface area contributed by atoms with E-state index < -0.39 is 0 Å². The molecular formula is C23H25BrIN3O2. The predicted octanol–water partition coefficient (Wildman–Crippen LogP) is 6.45. The van der Waals surface area contributed by atoms with Gasteiger partial charge in [-0.2, -0.15) is 0 Å². The van der Waals surface area contributed by atoms with Gasteiger partial charge < -0.3 is 9.47 Å². The lowest BCUT2D eigenvalue weighted by Gasteiger charge is -2.38. The van der Waals surface area contributed by atoms with Crippen molar-refractivity contribution in [2.75, 3.05) is 14.1 Å². The van der Waals surface area contributed by atoms with Gasteiger partial charge in [0.25, 0.3) is 5.69 Å². The molecule has 0 saturated carbocycles. The Labute approximate surface area is 198 Å². The zero-order valence-electron chi connectivity index (χ0n) is 17.5. The fraction of sp³-hybridized carbons (Fsp3) is 0.391. The lowest BCUT2D eigenvalue weighted by Crippen LogP contribution is -2.38. The minimum absolute atomic E-state index is 0.123. The summed E-state index contributed by atoms with van der Waals surface area (Å²) in [7, 11) is 4.32. The molecule has 0 amide bonds. The molecule has 1 aromatic heterocycles. The first-order valence-electron chi connectivity index (χ1n) is 10.0. The van der Waals surface area contributed by atoms with E-state index in [0.717, 1.165) is 22.9 Å². The highest BCUT2D eigenvalue weighted by atomic mass is 127. The van der Waals surface area contributed by atoms with Gasteiger partial charge in [0.2, 0.25) is 0 Å². The molecule has 3 aromatic rings. The van der Waals surface area contributed by atoms with Crippen molar-refractivity contribution in [3.63, 3.8) is 0 Å². The Hall–Kier alpha value is -1.45. The third kappa shape index (κ3) is 3.48. The Bertz CT molecular complexity index is 1120. The van der Waals surface area contributed by atoms with E-state index in [-0.39, 0.29) is 16.1 Å². The van der Waals surface area contributed by atoms with Gasteiger partial charge in [0, 0.05) is 39.2 Å². The topological polar surface area (TPSA) is 51.3 Å². The molecule has 7 heteroatoms. The smallest absolute Gasteiger partial charge is 0.269 e. The maximum atomic E-state index is 11.1. The largest absolute Gasteiger partial charge is 0.333 e. The number of hydrogen-bond acceptors (Lipinski definition) is 3. The maximum absolute atomic E-state index is 11.1. The maximum Gasteiger partial charge on any atom is 0.269 e. The molecule has 2 atom stereocenters. The van der Waals surface area contributed by atoms with Crippen molar-refractivity contribution in [3.05, 3.63) is 73.9 Å². The summed E-state index contributed by atoms with van der Waals surface area (Å²) >= 11 is 6.26. The number of nitrogens with zero attached hydrogens (tertiary/aromatic N) is 3. The number of alkyl halides is 1. The molecule has 0 N–H and O–H groups in total. The third-order valence-electron chi connectivity index (χ3n) is 6.37. The predicted molar refractivity (Wildman–Crippen MR) is 134 cm³/mol. The molecule has 2 aromatic carbocycles. The van der Waals surface area contributed by atoms with Crippen LogP contribution >= 0.6 is 38.5 Å². The summed E-state index contributed by atoms with van der Waals surface area (Å²) in [6.07, 6.45) is 2.19. The molecule has 0 spiro atoms. The summed E-state index contributed by atoms with van der Waals surface area (Å²) in [5, 5.41) is 12.4. The summed E-state index contributed by atoms with van der Waals surface area (Å²) in [6, 6.07) is 14.0. The van der Waals surface area contributed by atoms with Crippen LogP contribution in [0.15, 0.2) is 46.9 Å². The number of likely N-dealkylation sites (N-methyl/N-ethyl adjacent to an activating group) is 1. The van der Waals surface area contributed by atoms with Gasteiger partial charge in [-0.3, -0.25) is 10.1 Å². The molecule has 0 bridgehead atoms. The third-order valence-corrected chi connectivity index (χ3v) is 8.28. The van der Waals surface area contributed by atoms with Crippen molar-refractivity contribution in [2.45, 2.75) is 42.2 Å². The van der Waals surface area contributed by atoms with Gasteiger partial charge in [0.1, 0.15) is 0 Å². The van der Waals surface area contributed by atoms with Crippen molar-refractivity contribution in [2.24, 2.45) is 0 Å². The van der Waals surface area contributed by atoms with Crippen LogP contribution in [0.1, 0.15) is 41.0 Å². The molecule has 158 valence electrons. The lowest BCUT2D eigenvalue weighted by molar-refractivity contribution is -0.384. The number of nitro benzene ring substituents is 1. The monoisotopic (exact) mass is 581 g/mol. The average Bonchev–Trinajstić information content (AvgIpc) is 3.03. The zero-order valence-corrected chi connectivity index (χ0v) is 21.3. The van der Waals surface area contributed by atoms with Gasteiger partial charge in [0.15, 0.2) is 0 Å². The fourth-order valence-electron chi connectivity index (χ4n) is 4.76. The highest BCUT2D eigenvalue weighted by Crippen LogP contribution is 2.47. The highest BCUT2D eigenvalue weighted by Gasteiger charge is 2.38. The number of aromatic nitrogens is 1. The van der Waals surface area contributed by atoms with E-state index >= 15 is 0 Å². The molecule has 1 aliphatic rings. The Kier molecular flexibility index (Phi) is 5.74. The lowest BCUT2D eigenvalue weighted by atomic mass is 9.89. The van der Waals surface area contributed by atoms with E-state index in [9.17, 15) is 10.1 Å². The van der Waals surface area contributed by atoms with Crippen molar-refractivity contribution >= 4 is 55.1 Å². The molecular weight excluding hydrogens is 557 g/mol. The van der Waals surface area contributed by atoms with Gasteiger partial charge in [-0.15, -0.1) is 0 Å². The SMILES string of the molecule is CN(C)[C@@H]1CCc2c(n(C(C)(C)c3ccc([N+](=O)[O-])cc3)c3ccc(Br)cc23)C1I. The van der Waals surface area contributed by atoms with Crippen LogP contribution in [-0.4, -0.2) is 34.5 Å². The summed E-state index contributed by atoms with van der Waals surface area (Å²) < 4.78 is 3.91. The molecule has 30 heavy (non-hydrogen) atoms. The summed E-state index contributed by atoms with van der Waals surface area (Å²) in [6.45, 7) is 4.41. The quantitative estimate of drug-likeness (QED) is 0.154. The van der Waals surface area contributed by atoms with E-state index in [0.29, 0.717) is 9.97 Å². The normalized spacial score (nSPS) is 19.3. The minimum Gasteiger partial charge on any atom is -0.333 e. The van der Waals surface area contributed by atoms with Crippen molar-refractivity contribution in [1.29, 1.82) is 0 Å². The van der Waals surface area contributed by atoms with Crippen molar-refractivity contribution < 1.29 is 4.92 Å². The Balaban J connectivity index is 1.97. The first kappa shape index (κ1) is 21.8. The molecule has 4 rings (SSSR count). The van der Waals surface area contributed by atoms with E-state index in [1.807, 2.05) is 12.1 Å². The second-order valence-corrected chi connectivity index (χ2v) is 11.0. The summed E-state index contributed by atoms with van der Waals surface area (Å²) in [5.74, 6) is 0. The standard InChI is InChI=1S/C23H25BrIN3O2/c1-23(2,14-5-8-16(9-6-14)28(29)30)27-19-11-7-15(24)13-18(19)17-10-12-20(26(3)4)21(25)22(17)27/h5-9,11,13,20-21H,10,12H2,1-4H3/t20-,21?/m1/s1. The Morgan fingerprint density at radius 1 is 1.20 bits per heavy atom. The number of halogens is 2. The van der Waals surface area contributed by atoms with Gasteiger partial charge in [-0.1, -0.05) is 38.5 Å².